The number of nitrogens with zero attached hydrogens (tertiary/aromatic N) is 2. The van der Waals surface area contributed by atoms with Crippen LogP contribution in [0.1, 0.15) is 45.5 Å². The molecule has 1 fully saturated rings. The van der Waals surface area contributed by atoms with Crippen LogP contribution in [0.5, 0.6) is 5.75 Å². The van der Waals surface area contributed by atoms with Crippen molar-refractivity contribution in [1.82, 2.24) is 4.90 Å². The summed E-state index contributed by atoms with van der Waals surface area (Å²) in [6.45, 7) is 0.995. The molecule has 2 aliphatic rings. The minimum atomic E-state index is -0.576. The molecule has 1 N–H and O–H groups in total. The van der Waals surface area contributed by atoms with Gasteiger partial charge in [-0.1, -0.05) is 42.5 Å². The first-order valence-electron chi connectivity index (χ1n) is 13.2. The molecule has 7 heteroatoms. The van der Waals surface area contributed by atoms with Gasteiger partial charge in [-0.3, -0.25) is 14.4 Å². The third kappa shape index (κ3) is 4.50. The van der Waals surface area contributed by atoms with Gasteiger partial charge in [0.1, 0.15) is 11.8 Å². The molecule has 0 bridgehead atoms. The number of methoxy groups -OCH3 is 1. The predicted octanol–water partition coefficient (Wildman–Crippen LogP) is 5.64. The summed E-state index contributed by atoms with van der Waals surface area (Å²) in [7, 11) is 1.58. The van der Waals surface area contributed by atoms with E-state index in [0.717, 1.165) is 34.9 Å². The van der Waals surface area contributed by atoms with Crippen molar-refractivity contribution in [3.05, 3.63) is 102 Å². The maximum Gasteiger partial charge on any atom is 0.259 e. The van der Waals surface area contributed by atoms with Crippen molar-refractivity contribution < 1.29 is 19.1 Å². The molecule has 0 saturated carbocycles. The van der Waals surface area contributed by atoms with E-state index in [1.54, 1.807) is 41.2 Å². The summed E-state index contributed by atoms with van der Waals surface area (Å²) in [6, 6.07) is 25.6. The highest BCUT2D eigenvalue weighted by atomic mass is 16.5. The van der Waals surface area contributed by atoms with E-state index in [1.807, 2.05) is 60.7 Å². The molecule has 2 aliphatic heterocycles. The second kappa shape index (κ2) is 10.3. The molecule has 3 amide bonds. The Balaban J connectivity index is 1.27. The van der Waals surface area contributed by atoms with Gasteiger partial charge in [0.05, 0.1) is 19.3 Å². The van der Waals surface area contributed by atoms with Crippen molar-refractivity contribution in [2.24, 2.45) is 0 Å². The number of hydrogen-bond donors (Lipinski definition) is 1. The summed E-state index contributed by atoms with van der Waals surface area (Å²) in [4.78, 5) is 43.8. The lowest BCUT2D eigenvalue weighted by Gasteiger charge is -2.35. The number of rotatable bonds is 6. The molecule has 4 aromatic carbocycles. The highest BCUT2D eigenvalue weighted by Gasteiger charge is 2.34. The SMILES string of the molecule is COc1ccc(C(=O)N2CCCCC2C(=O)Nc2ccc3c4c(cccc24)C(=O)N3Cc2ccccc2)cc1. The fourth-order valence-corrected chi connectivity index (χ4v) is 5.64. The fraction of sp³-hybridized carbons (Fsp3) is 0.219. The number of hydrogen-bond acceptors (Lipinski definition) is 4. The topological polar surface area (TPSA) is 79.0 Å². The Morgan fingerprint density at radius 2 is 1.72 bits per heavy atom. The van der Waals surface area contributed by atoms with Crippen LogP contribution in [0, 0.1) is 0 Å². The molecule has 0 spiro atoms. The number of likely N-dealkylation sites (tertiary alicyclic amines) is 1. The Bertz CT molecular complexity index is 1570. The third-order valence-corrected chi connectivity index (χ3v) is 7.63. The van der Waals surface area contributed by atoms with Crippen molar-refractivity contribution in [1.29, 1.82) is 0 Å². The molecular formula is C32H29N3O4. The first kappa shape index (κ1) is 24.7. The number of nitrogens with one attached hydrogen (secondary N) is 1. The zero-order valence-electron chi connectivity index (χ0n) is 21.7. The van der Waals surface area contributed by atoms with Crippen LogP contribution in [0.15, 0.2) is 84.9 Å². The van der Waals surface area contributed by atoms with E-state index in [0.29, 0.717) is 42.1 Å². The van der Waals surface area contributed by atoms with Crippen molar-refractivity contribution in [3.8, 4) is 5.75 Å². The summed E-state index contributed by atoms with van der Waals surface area (Å²) in [5, 5.41) is 4.74. The largest absolute Gasteiger partial charge is 0.497 e. The maximum atomic E-state index is 13.6. The average Bonchev–Trinajstić information content (AvgIpc) is 3.26. The Hall–Kier alpha value is -4.65. The first-order chi connectivity index (χ1) is 19.0. The van der Waals surface area contributed by atoms with Gasteiger partial charge in [-0.15, -0.1) is 0 Å². The first-order valence-corrected chi connectivity index (χ1v) is 13.2. The average molecular weight is 520 g/mol. The van der Waals surface area contributed by atoms with Gasteiger partial charge < -0.3 is 19.9 Å². The van der Waals surface area contributed by atoms with Crippen molar-refractivity contribution in [2.75, 3.05) is 23.9 Å². The summed E-state index contributed by atoms with van der Waals surface area (Å²) in [5.41, 5.74) is 3.67. The van der Waals surface area contributed by atoms with Crippen molar-refractivity contribution in [2.45, 2.75) is 31.8 Å². The van der Waals surface area contributed by atoms with Gasteiger partial charge >= 0.3 is 0 Å². The summed E-state index contributed by atoms with van der Waals surface area (Å²) in [5.74, 6) is 0.238. The number of anilines is 2. The molecule has 6 rings (SSSR count). The van der Waals surface area contributed by atoms with Gasteiger partial charge in [-0.05, 0) is 67.3 Å². The van der Waals surface area contributed by atoms with Gasteiger partial charge in [-0.25, -0.2) is 0 Å². The van der Waals surface area contributed by atoms with Crippen LogP contribution >= 0.6 is 0 Å². The molecule has 0 aromatic heterocycles. The van der Waals surface area contributed by atoms with E-state index < -0.39 is 6.04 Å². The van der Waals surface area contributed by atoms with E-state index in [4.69, 9.17) is 4.74 Å². The molecule has 196 valence electrons. The summed E-state index contributed by atoms with van der Waals surface area (Å²) >= 11 is 0. The molecule has 0 aliphatic carbocycles. The Morgan fingerprint density at radius 3 is 2.49 bits per heavy atom. The lowest BCUT2D eigenvalue weighted by atomic mass is 9.99. The second-order valence-electron chi connectivity index (χ2n) is 9.97. The van der Waals surface area contributed by atoms with Crippen LogP contribution < -0.4 is 15.0 Å². The highest BCUT2D eigenvalue weighted by Crippen LogP contribution is 2.41. The Morgan fingerprint density at radius 1 is 0.923 bits per heavy atom. The van der Waals surface area contributed by atoms with Crippen LogP contribution in [0.2, 0.25) is 0 Å². The van der Waals surface area contributed by atoms with Gasteiger partial charge in [0.2, 0.25) is 5.91 Å². The fourth-order valence-electron chi connectivity index (χ4n) is 5.64. The van der Waals surface area contributed by atoms with Crippen molar-refractivity contribution >= 4 is 39.9 Å². The molecule has 0 radical (unpaired) electrons. The Kier molecular flexibility index (Phi) is 6.49. The Labute approximate surface area is 227 Å². The van der Waals surface area contributed by atoms with Crippen LogP contribution in [0.25, 0.3) is 10.8 Å². The van der Waals surface area contributed by atoms with E-state index in [1.165, 1.54) is 0 Å². The normalized spacial score (nSPS) is 16.4. The van der Waals surface area contributed by atoms with Gasteiger partial charge in [0.15, 0.2) is 0 Å². The van der Waals surface area contributed by atoms with Gasteiger partial charge in [-0.2, -0.15) is 0 Å². The third-order valence-electron chi connectivity index (χ3n) is 7.63. The number of amides is 3. The van der Waals surface area contributed by atoms with Crippen molar-refractivity contribution in [3.63, 3.8) is 0 Å². The summed E-state index contributed by atoms with van der Waals surface area (Å²) in [6.07, 6.45) is 2.32. The molecule has 1 saturated heterocycles. The van der Waals surface area contributed by atoms with E-state index >= 15 is 0 Å². The van der Waals surface area contributed by atoms with Crippen LogP contribution in [0.4, 0.5) is 11.4 Å². The lowest BCUT2D eigenvalue weighted by Crippen LogP contribution is -2.50. The zero-order chi connectivity index (χ0) is 26.9. The number of carbonyl (C=O) groups excluding carboxylic acids is 3. The van der Waals surface area contributed by atoms with Gasteiger partial charge in [0, 0.05) is 34.1 Å². The smallest absolute Gasteiger partial charge is 0.259 e. The lowest BCUT2D eigenvalue weighted by molar-refractivity contribution is -0.121. The number of piperidine rings is 1. The minimum Gasteiger partial charge on any atom is -0.497 e. The standard InChI is InChI=1S/C32H29N3O4/c1-39-23-15-13-22(14-16-23)31(37)34-19-6-5-12-28(34)30(36)33-26-17-18-27-29-24(26)10-7-11-25(29)32(38)35(27)20-21-8-3-2-4-9-21/h2-4,7-11,13-18,28H,5-6,12,19-20H2,1H3,(H,33,36). The zero-order valence-corrected chi connectivity index (χ0v) is 21.7. The monoisotopic (exact) mass is 519 g/mol. The van der Waals surface area contributed by atoms with Crippen LogP contribution in [0.3, 0.4) is 0 Å². The summed E-state index contributed by atoms with van der Waals surface area (Å²) < 4.78 is 5.21. The molecule has 1 atom stereocenters. The second-order valence-corrected chi connectivity index (χ2v) is 9.97. The predicted molar refractivity (Wildman–Crippen MR) is 151 cm³/mol. The van der Waals surface area contributed by atoms with E-state index in [9.17, 15) is 14.4 Å². The molecule has 1 unspecified atom stereocenters. The molecular weight excluding hydrogens is 490 g/mol. The number of carbonyl (C=O) groups is 3. The minimum absolute atomic E-state index is 0.0496. The molecule has 2 heterocycles. The number of benzene rings is 4. The van der Waals surface area contributed by atoms with E-state index in [-0.39, 0.29) is 17.7 Å². The molecule has 39 heavy (non-hydrogen) atoms. The molecule has 7 nitrogen and oxygen atoms in total. The maximum absolute atomic E-state index is 13.6. The molecule has 4 aromatic rings. The quantitative estimate of drug-likeness (QED) is 0.358. The van der Waals surface area contributed by atoms with Crippen LogP contribution in [-0.2, 0) is 11.3 Å². The number of ether oxygens (including phenoxy) is 1. The van der Waals surface area contributed by atoms with Gasteiger partial charge in [0.25, 0.3) is 11.8 Å². The van der Waals surface area contributed by atoms with E-state index in [2.05, 4.69) is 5.32 Å². The van der Waals surface area contributed by atoms with Crippen LogP contribution in [-0.4, -0.2) is 42.3 Å². The highest BCUT2D eigenvalue weighted by molar-refractivity contribution is 6.27.